The van der Waals surface area contributed by atoms with Gasteiger partial charge in [0.1, 0.15) is 18.5 Å². The molecule has 1 rings (SSSR count). The number of ether oxygens (including phenoxy) is 1. The zero-order valence-corrected chi connectivity index (χ0v) is 14.5. The Hall–Kier alpha value is -1.10. The smallest absolute Gasteiger partial charge is 0.122 e. The summed E-state index contributed by atoms with van der Waals surface area (Å²) in [5.41, 5.74) is 2.47. The molecule has 2 atom stereocenters. The van der Waals surface area contributed by atoms with Gasteiger partial charge >= 0.3 is 0 Å². The number of hydrogen-bond donors (Lipinski definition) is 3. The van der Waals surface area contributed by atoms with E-state index >= 15 is 0 Å². The Kier molecular flexibility index (Phi) is 7.33. The van der Waals surface area contributed by atoms with Gasteiger partial charge in [0.15, 0.2) is 0 Å². The second-order valence-corrected chi connectivity index (χ2v) is 6.89. The third kappa shape index (κ3) is 5.95. The second kappa shape index (κ2) is 8.51. The van der Waals surface area contributed by atoms with E-state index in [1.807, 2.05) is 19.9 Å². The summed E-state index contributed by atoms with van der Waals surface area (Å²) >= 11 is 0. The van der Waals surface area contributed by atoms with Gasteiger partial charge in [0.05, 0.1) is 6.61 Å². The normalized spacial score (nSPS) is 14.7. The molecular formula is C18H31NO3. The number of nitrogens with one attached hydrogen (secondary N) is 1. The molecule has 0 heterocycles. The van der Waals surface area contributed by atoms with Gasteiger partial charge in [0.2, 0.25) is 0 Å². The highest BCUT2D eigenvalue weighted by Gasteiger charge is 2.15. The van der Waals surface area contributed by atoms with Crippen LogP contribution >= 0.6 is 0 Å². The van der Waals surface area contributed by atoms with Crippen LogP contribution < -0.4 is 10.1 Å². The summed E-state index contributed by atoms with van der Waals surface area (Å²) in [5, 5.41) is 22.2. The highest BCUT2D eigenvalue weighted by Crippen LogP contribution is 2.27. The number of aliphatic hydroxyl groups is 2. The van der Waals surface area contributed by atoms with Crippen LogP contribution in [-0.4, -0.2) is 42.1 Å². The van der Waals surface area contributed by atoms with Crippen LogP contribution in [0.15, 0.2) is 18.2 Å². The Morgan fingerprint density at radius 2 is 1.95 bits per heavy atom. The molecule has 0 spiro atoms. The van der Waals surface area contributed by atoms with Crippen LogP contribution in [0.5, 0.6) is 5.75 Å². The lowest BCUT2D eigenvalue weighted by Crippen LogP contribution is -2.39. The Balaban J connectivity index is 2.51. The third-order valence-corrected chi connectivity index (χ3v) is 3.83. The standard InChI is InChI=1S/C18H31NO3/c1-6-15(11-20)19-10-16(21)12-22-17-8-7-14(9-13(17)2)18(3,4)5/h7-9,15-16,19-21H,6,10-12H2,1-5H3/t15-,16+/m0/s1. The van der Waals surface area contributed by atoms with Crippen molar-refractivity contribution in [3.05, 3.63) is 29.3 Å². The Labute approximate surface area is 134 Å². The number of benzene rings is 1. The molecule has 0 aliphatic carbocycles. The highest BCUT2D eigenvalue weighted by atomic mass is 16.5. The molecule has 126 valence electrons. The van der Waals surface area contributed by atoms with E-state index in [1.54, 1.807) is 0 Å². The first-order valence-electron chi connectivity index (χ1n) is 8.04. The summed E-state index contributed by atoms with van der Waals surface area (Å²) in [4.78, 5) is 0. The third-order valence-electron chi connectivity index (χ3n) is 3.83. The van der Waals surface area contributed by atoms with E-state index in [0.29, 0.717) is 6.54 Å². The molecule has 4 nitrogen and oxygen atoms in total. The molecule has 22 heavy (non-hydrogen) atoms. The Morgan fingerprint density at radius 3 is 2.45 bits per heavy atom. The van der Waals surface area contributed by atoms with Gasteiger partial charge in [-0.2, -0.15) is 0 Å². The van der Waals surface area contributed by atoms with Crippen LogP contribution in [-0.2, 0) is 5.41 Å². The molecule has 0 aliphatic rings. The van der Waals surface area contributed by atoms with Crippen molar-refractivity contribution in [1.29, 1.82) is 0 Å². The van der Waals surface area contributed by atoms with Crippen molar-refractivity contribution in [2.45, 2.75) is 58.6 Å². The van der Waals surface area contributed by atoms with Crippen LogP contribution in [0.1, 0.15) is 45.2 Å². The second-order valence-electron chi connectivity index (χ2n) is 6.89. The van der Waals surface area contributed by atoms with Gasteiger partial charge in [-0.25, -0.2) is 0 Å². The number of aliphatic hydroxyl groups excluding tert-OH is 2. The minimum atomic E-state index is -0.595. The number of aryl methyl sites for hydroxylation is 1. The topological polar surface area (TPSA) is 61.7 Å². The molecule has 0 amide bonds. The van der Waals surface area contributed by atoms with Crippen molar-refractivity contribution in [2.75, 3.05) is 19.8 Å². The number of rotatable bonds is 8. The molecule has 0 aliphatic heterocycles. The summed E-state index contributed by atoms with van der Waals surface area (Å²) in [6, 6.07) is 6.21. The molecular weight excluding hydrogens is 278 g/mol. The van der Waals surface area contributed by atoms with Crippen molar-refractivity contribution in [1.82, 2.24) is 5.32 Å². The fraction of sp³-hybridized carbons (Fsp3) is 0.667. The molecule has 0 radical (unpaired) electrons. The van der Waals surface area contributed by atoms with Crippen LogP contribution in [0.3, 0.4) is 0 Å². The fourth-order valence-electron chi connectivity index (χ4n) is 2.16. The molecule has 0 saturated heterocycles. The quantitative estimate of drug-likeness (QED) is 0.690. The van der Waals surface area contributed by atoms with Crippen molar-refractivity contribution >= 4 is 0 Å². The maximum Gasteiger partial charge on any atom is 0.122 e. The Bertz CT molecular complexity index is 450. The van der Waals surface area contributed by atoms with E-state index in [4.69, 9.17) is 9.84 Å². The molecule has 0 saturated carbocycles. The van der Waals surface area contributed by atoms with Crippen molar-refractivity contribution in [3.8, 4) is 5.75 Å². The summed E-state index contributed by atoms with van der Waals surface area (Å²) < 4.78 is 5.71. The van der Waals surface area contributed by atoms with Crippen LogP contribution in [0, 0.1) is 6.92 Å². The van der Waals surface area contributed by atoms with E-state index in [2.05, 4.69) is 38.2 Å². The molecule has 0 aromatic heterocycles. The zero-order valence-electron chi connectivity index (χ0n) is 14.5. The van der Waals surface area contributed by atoms with Crippen molar-refractivity contribution in [2.24, 2.45) is 0 Å². The molecule has 3 N–H and O–H groups in total. The molecule has 1 aromatic carbocycles. The highest BCUT2D eigenvalue weighted by molar-refractivity contribution is 5.38. The van der Waals surface area contributed by atoms with E-state index in [1.165, 1.54) is 5.56 Å². The monoisotopic (exact) mass is 309 g/mol. The number of hydrogen-bond acceptors (Lipinski definition) is 4. The zero-order chi connectivity index (χ0) is 16.8. The molecule has 0 bridgehead atoms. The Morgan fingerprint density at radius 1 is 1.27 bits per heavy atom. The fourth-order valence-corrected chi connectivity index (χ4v) is 2.16. The average molecular weight is 309 g/mol. The van der Waals surface area contributed by atoms with E-state index < -0.39 is 6.10 Å². The molecule has 0 unspecified atom stereocenters. The molecule has 0 fully saturated rings. The molecule has 1 aromatic rings. The predicted molar refractivity (Wildman–Crippen MR) is 90.5 cm³/mol. The lowest BCUT2D eigenvalue weighted by atomic mass is 9.86. The maximum atomic E-state index is 9.96. The minimum Gasteiger partial charge on any atom is -0.491 e. The summed E-state index contributed by atoms with van der Waals surface area (Å²) in [7, 11) is 0. The summed E-state index contributed by atoms with van der Waals surface area (Å²) in [6.07, 6.45) is 0.236. The van der Waals surface area contributed by atoms with Gasteiger partial charge in [-0.15, -0.1) is 0 Å². The summed E-state index contributed by atoms with van der Waals surface area (Å²) in [5.74, 6) is 0.807. The van der Waals surface area contributed by atoms with Gasteiger partial charge in [0.25, 0.3) is 0 Å². The van der Waals surface area contributed by atoms with Gasteiger partial charge in [0, 0.05) is 12.6 Å². The lowest BCUT2D eigenvalue weighted by molar-refractivity contribution is 0.0991. The van der Waals surface area contributed by atoms with Gasteiger partial charge in [-0.1, -0.05) is 39.8 Å². The van der Waals surface area contributed by atoms with Crippen molar-refractivity contribution in [3.63, 3.8) is 0 Å². The summed E-state index contributed by atoms with van der Waals surface area (Å²) in [6.45, 7) is 11.3. The van der Waals surface area contributed by atoms with Gasteiger partial charge < -0.3 is 20.3 Å². The maximum absolute atomic E-state index is 9.96. The molecule has 4 heteroatoms. The van der Waals surface area contributed by atoms with E-state index in [-0.39, 0.29) is 24.7 Å². The first-order valence-corrected chi connectivity index (χ1v) is 8.04. The average Bonchev–Trinajstić information content (AvgIpc) is 2.46. The van der Waals surface area contributed by atoms with E-state index in [9.17, 15) is 5.11 Å². The lowest BCUT2D eigenvalue weighted by Gasteiger charge is -2.21. The van der Waals surface area contributed by atoms with Crippen molar-refractivity contribution < 1.29 is 14.9 Å². The first-order chi connectivity index (χ1) is 10.3. The largest absolute Gasteiger partial charge is 0.491 e. The predicted octanol–water partition coefficient (Wildman–Crippen LogP) is 2.39. The van der Waals surface area contributed by atoms with Crippen LogP contribution in [0.2, 0.25) is 0 Å². The van der Waals surface area contributed by atoms with Gasteiger partial charge in [-0.05, 0) is 36.0 Å². The first kappa shape index (κ1) is 18.9. The SMILES string of the molecule is CC[C@@H](CO)NC[C@@H](O)COc1ccc(C(C)(C)C)cc1C. The minimum absolute atomic E-state index is 0.0301. The van der Waals surface area contributed by atoms with Crippen LogP contribution in [0.25, 0.3) is 0 Å². The van der Waals surface area contributed by atoms with E-state index in [0.717, 1.165) is 17.7 Å². The van der Waals surface area contributed by atoms with Gasteiger partial charge in [-0.3, -0.25) is 0 Å². The van der Waals surface area contributed by atoms with Crippen LogP contribution in [0.4, 0.5) is 0 Å².